The Balaban J connectivity index is 1.73. The van der Waals surface area contributed by atoms with E-state index in [-0.39, 0.29) is 11.9 Å². The Bertz CT molecular complexity index is 1000. The number of benzene rings is 2. The molecule has 7 heteroatoms. The Morgan fingerprint density at radius 3 is 2.62 bits per heavy atom. The van der Waals surface area contributed by atoms with E-state index in [1.165, 1.54) is 24.0 Å². The van der Waals surface area contributed by atoms with E-state index in [1.54, 1.807) is 0 Å². The summed E-state index contributed by atoms with van der Waals surface area (Å²) in [5, 5.41) is 4.78. The van der Waals surface area contributed by atoms with Gasteiger partial charge in [0.1, 0.15) is 0 Å². The number of thiazole rings is 1. The van der Waals surface area contributed by atoms with Crippen molar-refractivity contribution >= 4 is 50.0 Å². The molecule has 0 aliphatic carbocycles. The van der Waals surface area contributed by atoms with E-state index in [4.69, 9.17) is 21.3 Å². The Kier molecular flexibility index (Phi) is 7.33. The van der Waals surface area contributed by atoms with Gasteiger partial charge in [0.2, 0.25) is 0 Å². The van der Waals surface area contributed by atoms with E-state index >= 15 is 0 Å². The van der Waals surface area contributed by atoms with Gasteiger partial charge in [0, 0.05) is 17.1 Å². The zero-order chi connectivity index (χ0) is 21.0. The molecule has 29 heavy (non-hydrogen) atoms. The molecule has 0 fully saturated rings. The maximum absolute atomic E-state index is 12.3. The van der Waals surface area contributed by atoms with Crippen molar-refractivity contribution in [1.29, 1.82) is 0 Å². The van der Waals surface area contributed by atoms with Crippen LogP contribution in [0.25, 0.3) is 11.3 Å². The second kappa shape index (κ2) is 9.74. The molecule has 1 heterocycles. The number of carbonyl (C=O) groups is 1. The molecule has 0 aliphatic heterocycles. The number of hydrogen-bond acceptors (Lipinski definition) is 5. The molecule has 3 aromatic rings. The number of ether oxygens (including phenoxy) is 1. The topological polar surface area (TPSA) is 51.2 Å². The van der Waals surface area contributed by atoms with Gasteiger partial charge in [0.25, 0.3) is 0 Å². The zero-order valence-corrected chi connectivity index (χ0v) is 19.6. The maximum Gasteiger partial charge on any atom is 0.310 e. The molecule has 0 aliphatic rings. The monoisotopic (exact) mass is 492 g/mol. The number of hydrogen-bond donors (Lipinski definition) is 1. The standard InChI is InChI=1S/C22H22BrClN2O2S/c1-13-4-6-15(7-5-13)11-17(21(27)28-3)12-25-22-26-19(20(23)29-22)16-8-9-18(24)14(2)10-16/h4-10,17H,11-12H2,1-3H3,(H,25,26). The number of anilines is 1. The molecule has 0 amide bonds. The highest BCUT2D eigenvalue weighted by Crippen LogP contribution is 2.36. The van der Waals surface area contributed by atoms with Gasteiger partial charge in [-0.2, -0.15) is 0 Å². The number of aromatic nitrogens is 1. The Morgan fingerprint density at radius 2 is 1.97 bits per heavy atom. The van der Waals surface area contributed by atoms with E-state index in [2.05, 4.69) is 33.4 Å². The largest absolute Gasteiger partial charge is 0.469 e. The number of rotatable bonds is 7. The number of halogens is 2. The van der Waals surface area contributed by atoms with Crippen LogP contribution in [-0.2, 0) is 16.0 Å². The highest BCUT2D eigenvalue weighted by atomic mass is 79.9. The molecule has 3 rings (SSSR count). The third-order valence-corrected chi connectivity index (χ3v) is 6.74. The minimum Gasteiger partial charge on any atom is -0.469 e. The van der Waals surface area contributed by atoms with Gasteiger partial charge in [-0.3, -0.25) is 4.79 Å². The van der Waals surface area contributed by atoms with Gasteiger partial charge in [0.05, 0.1) is 22.5 Å². The first kappa shape index (κ1) is 21.8. The second-order valence-corrected chi connectivity index (χ2v) is 9.62. The normalized spacial score (nSPS) is 11.9. The van der Waals surface area contributed by atoms with Crippen LogP contribution >= 0.6 is 38.9 Å². The summed E-state index contributed by atoms with van der Waals surface area (Å²) in [6.07, 6.45) is 0.607. The van der Waals surface area contributed by atoms with E-state index in [1.807, 2.05) is 44.2 Å². The summed E-state index contributed by atoms with van der Waals surface area (Å²) >= 11 is 11.2. The van der Waals surface area contributed by atoms with Crippen LogP contribution in [0.4, 0.5) is 5.13 Å². The quantitative estimate of drug-likeness (QED) is 0.393. The third-order valence-electron chi connectivity index (χ3n) is 4.65. The fourth-order valence-electron chi connectivity index (χ4n) is 2.97. The van der Waals surface area contributed by atoms with Crippen LogP contribution in [0.15, 0.2) is 46.3 Å². The van der Waals surface area contributed by atoms with E-state index in [0.717, 1.165) is 36.3 Å². The molecule has 1 N–H and O–H groups in total. The number of nitrogens with zero attached hydrogens (tertiary/aromatic N) is 1. The highest BCUT2D eigenvalue weighted by molar-refractivity contribution is 9.11. The first-order valence-electron chi connectivity index (χ1n) is 9.17. The minimum atomic E-state index is -0.299. The molecule has 1 atom stereocenters. The van der Waals surface area contributed by atoms with Gasteiger partial charge in [0.15, 0.2) is 5.13 Å². The van der Waals surface area contributed by atoms with Crippen molar-refractivity contribution in [1.82, 2.24) is 4.98 Å². The zero-order valence-electron chi connectivity index (χ0n) is 16.5. The molecule has 0 saturated carbocycles. The van der Waals surface area contributed by atoms with Crippen molar-refractivity contribution in [3.05, 3.63) is 68.0 Å². The lowest BCUT2D eigenvalue weighted by atomic mass is 9.98. The summed E-state index contributed by atoms with van der Waals surface area (Å²) in [4.78, 5) is 17.0. The minimum absolute atomic E-state index is 0.234. The van der Waals surface area contributed by atoms with Crippen molar-refractivity contribution in [2.45, 2.75) is 20.3 Å². The SMILES string of the molecule is COC(=O)C(CNc1nc(-c2ccc(Cl)c(C)c2)c(Br)s1)Cc1ccc(C)cc1. The van der Waals surface area contributed by atoms with Crippen LogP contribution in [0.5, 0.6) is 0 Å². The van der Waals surface area contributed by atoms with E-state index in [0.29, 0.717) is 13.0 Å². The Hall–Kier alpha value is -1.89. The predicted octanol–water partition coefficient (Wildman–Crippen LogP) is 6.29. The van der Waals surface area contributed by atoms with Gasteiger partial charge in [-0.1, -0.05) is 58.8 Å². The summed E-state index contributed by atoms with van der Waals surface area (Å²) in [5.74, 6) is -0.533. The predicted molar refractivity (Wildman–Crippen MR) is 124 cm³/mol. The molecule has 0 bridgehead atoms. The average molecular weight is 494 g/mol. The first-order chi connectivity index (χ1) is 13.9. The van der Waals surface area contributed by atoms with Gasteiger partial charge in [-0.25, -0.2) is 4.98 Å². The molecular weight excluding hydrogens is 472 g/mol. The van der Waals surface area contributed by atoms with Crippen LogP contribution in [0.1, 0.15) is 16.7 Å². The van der Waals surface area contributed by atoms with Crippen LogP contribution in [0.2, 0.25) is 5.02 Å². The summed E-state index contributed by atoms with van der Waals surface area (Å²) in [7, 11) is 1.42. The molecule has 2 aromatic carbocycles. The lowest BCUT2D eigenvalue weighted by molar-refractivity contribution is -0.144. The van der Waals surface area contributed by atoms with Crippen molar-refractivity contribution in [3.8, 4) is 11.3 Å². The number of carbonyl (C=O) groups excluding carboxylic acids is 1. The Labute approximate surface area is 188 Å². The van der Waals surface area contributed by atoms with E-state index < -0.39 is 0 Å². The van der Waals surface area contributed by atoms with Gasteiger partial charge in [-0.15, -0.1) is 0 Å². The molecule has 1 aromatic heterocycles. The third kappa shape index (κ3) is 5.59. The molecular formula is C22H22BrClN2O2S. The van der Waals surface area contributed by atoms with E-state index in [9.17, 15) is 4.79 Å². The highest BCUT2D eigenvalue weighted by Gasteiger charge is 2.21. The van der Waals surface area contributed by atoms with Crippen molar-refractivity contribution in [3.63, 3.8) is 0 Å². The summed E-state index contributed by atoms with van der Waals surface area (Å²) < 4.78 is 5.93. The number of aryl methyl sites for hydroxylation is 2. The van der Waals surface area contributed by atoms with Crippen molar-refractivity contribution in [2.75, 3.05) is 19.0 Å². The van der Waals surface area contributed by atoms with Gasteiger partial charge < -0.3 is 10.1 Å². The maximum atomic E-state index is 12.3. The van der Waals surface area contributed by atoms with Gasteiger partial charge >= 0.3 is 5.97 Å². The number of esters is 1. The summed E-state index contributed by atoms with van der Waals surface area (Å²) in [6, 6.07) is 14.0. The smallest absolute Gasteiger partial charge is 0.310 e. The molecule has 4 nitrogen and oxygen atoms in total. The lowest BCUT2D eigenvalue weighted by Crippen LogP contribution is -2.26. The number of nitrogens with one attached hydrogen (secondary N) is 1. The lowest BCUT2D eigenvalue weighted by Gasteiger charge is -2.15. The van der Waals surface area contributed by atoms with Crippen LogP contribution in [0.3, 0.4) is 0 Å². The fraction of sp³-hybridized carbons (Fsp3) is 0.273. The molecule has 0 spiro atoms. The van der Waals surface area contributed by atoms with Gasteiger partial charge in [-0.05, 0) is 59.5 Å². The second-order valence-electron chi connectivity index (χ2n) is 6.90. The first-order valence-corrected chi connectivity index (χ1v) is 11.2. The van der Waals surface area contributed by atoms with Crippen LogP contribution in [0, 0.1) is 19.8 Å². The van der Waals surface area contributed by atoms with Crippen LogP contribution < -0.4 is 5.32 Å². The molecule has 0 saturated heterocycles. The van der Waals surface area contributed by atoms with Crippen LogP contribution in [-0.4, -0.2) is 24.6 Å². The summed E-state index contributed by atoms with van der Waals surface area (Å²) in [5.41, 5.74) is 5.14. The fourth-order valence-corrected chi connectivity index (χ4v) is 4.59. The van der Waals surface area contributed by atoms with Crippen molar-refractivity contribution < 1.29 is 9.53 Å². The van der Waals surface area contributed by atoms with Crippen molar-refractivity contribution in [2.24, 2.45) is 5.92 Å². The average Bonchev–Trinajstić information content (AvgIpc) is 3.08. The Morgan fingerprint density at radius 1 is 1.24 bits per heavy atom. The molecule has 152 valence electrons. The molecule has 0 radical (unpaired) electrons. The number of methoxy groups -OCH3 is 1. The summed E-state index contributed by atoms with van der Waals surface area (Å²) in [6.45, 7) is 4.46. The molecule has 1 unspecified atom stereocenters.